The number of aromatic amines is 1. The Morgan fingerprint density at radius 1 is 1.06 bits per heavy atom. The number of carbonyl (C=O) groups excluding carboxylic acids is 1. The topological polar surface area (TPSA) is 110 Å². The largest absolute Gasteiger partial charge is 0.490 e. The Bertz CT molecular complexity index is 1180. The van der Waals surface area contributed by atoms with Gasteiger partial charge in [0.05, 0.1) is 11.9 Å². The van der Waals surface area contributed by atoms with Gasteiger partial charge in [-0.05, 0) is 35.2 Å². The van der Waals surface area contributed by atoms with Gasteiger partial charge < -0.3 is 25.6 Å². The SMILES string of the molecule is CC(C)(C)c1ccc2cc(C(=O)Nc3ccc(N4CCNCC4)cn3)[nH]c2c1.O=C(O)C(F)(F)F. The first kappa shape index (κ1) is 26.0. The third-order valence-corrected chi connectivity index (χ3v) is 5.45. The number of aliphatic carboxylic acids is 1. The van der Waals surface area contributed by atoms with Gasteiger partial charge in [0, 0.05) is 37.1 Å². The minimum atomic E-state index is -5.08. The molecule has 0 saturated carbocycles. The van der Waals surface area contributed by atoms with E-state index >= 15 is 0 Å². The number of nitrogens with one attached hydrogen (secondary N) is 3. The molecule has 3 aromatic rings. The summed E-state index contributed by atoms with van der Waals surface area (Å²) in [5.74, 6) is -2.39. The average molecular weight is 492 g/mol. The number of piperazine rings is 1. The van der Waals surface area contributed by atoms with Crippen molar-refractivity contribution < 1.29 is 27.9 Å². The average Bonchev–Trinajstić information content (AvgIpc) is 3.23. The van der Waals surface area contributed by atoms with Gasteiger partial charge in [-0.2, -0.15) is 13.2 Å². The summed E-state index contributed by atoms with van der Waals surface area (Å²) in [6.07, 6.45) is -3.26. The highest BCUT2D eigenvalue weighted by Gasteiger charge is 2.38. The zero-order chi connectivity index (χ0) is 25.8. The number of amides is 1. The lowest BCUT2D eigenvalue weighted by molar-refractivity contribution is -0.192. The van der Waals surface area contributed by atoms with E-state index in [4.69, 9.17) is 9.90 Å². The number of halogens is 3. The molecule has 3 heterocycles. The highest BCUT2D eigenvalue weighted by atomic mass is 19.4. The summed E-state index contributed by atoms with van der Waals surface area (Å²) < 4.78 is 31.7. The molecule has 0 bridgehead atoms. The molecule has 4 N–H and O–H groups in total. The first-order chi connectivity index (χ1) is 16.3. The number of anilines is 2. The third kappa shape index (κ3) is 6.95. The van der Waals surface area contributed by atoms with E-state index < -0.39 is 12.1 Å². The number of benzene rings is 1. The second-order valence-corrected chi connectivity index (χ2v) is 9.13. The van der Waals surface area contributed by atoms with Crippen molar-refractivity contribution in [1.82, 2.24) is 15.3 Å². The van der Waals surface area contributed by atoms with Crippen LogP contribution in [0.15, 0.2) is 42.6 Å². The Kier molecular flexibility index (Phi) is 7.69. The number of nitrogens with zero attached hydrogens (tertiary/aromatic N) is 2. The van der Waals surface area contributed by atoms with Crippen LogP contribution in [0.2, 0.25) is 0 Å². The molecule has 0 unspecified atom stereocenters. The molecule has 1 saturated heterocycles. The summed E-state index contributed by atoms with van der Waals surface area (Å²) in [5.41, 5.74) is 3.89. The van der Waals surface area contributed by atoms with Gasteiger partial charge in [-0.15, -0.1) is 0 Å². The van der Waals surface area contributed by atoms with Crippen LogP contribution in [0.25, 0.3) is 10.9 Å². The van der Waals surface area contributed by atoms with Crippen LogP contribution in [0.3, 0.4) is 0 Å². The third-order valence-electron chi connectivity index (χ3n) is 5.45. The van der Waals surface area contributed by atoms with Crippen LogP contribution in [-0.2, 0) is 10.2 Å². The van der Waals surface area contributed by atoms with E-state index in [1.807, 2.05) is 24.4 Å². The Morgan fingerprint density at radius 2 is 1.71 bits per heavy atom. The highest BCUT2D eigenvalue weighted by molar-refractivity contribution is 6.05. The molecule has 2 aromatic heterocycles. The van der Waals surface area contributed by atoms with E-state index in [0.29, 0.717) is 11.5 Å². The van der Waals surface area contributed by atoms with Crippen LogP contribution < -0.4 is 15.5 Å². The van der Waals surface area contributed by atoms with E-state index in [0.717, 1.165) is 42.8 Å². The molecule has 1 fully saturated rings. The second kappa shape index (κ2) is 10.3. The number of hydrogen-bond acceptors (Lipinski definition) is 5. The van der Waals surface area contributed by atoms with Crippen LogP contribution in [0.1, 0.15) is 36.8 Å². The molecule has 188 valence electrons. The number of fused-ring (bicyclic) bond motifs is 1. The summed E-state index contributed by atoms with van der Waals surface area (Å²) >= 11 is 0. The second-order valence-electron chi connectivity index (χ2n) is 9.13. The van der Waals surface area contributed by atoms with E-state index in [-0.39, 0.29) is 11.3 Å². The van der Waals surface area contributed by atoms with Crippen LogP contribution in [0.5, 0.6) is 0 Å². The predicted octanol–water partition coefficient (Wildman–Crippen LogP) is 4.16. The number of alkyl halides is 3. The quantitative estimate of drug-likeness (QED) is 0.438. The van der Waals surface area contributed by atoms with Crippen molar-refractivity contribution in [1.29, 1.82) is 0 Å². The minimum Gasteiger partial charge on any atom is -0.475 e. The maximum Gasteiger partial charge on any atom is 0.490 e. The van der Waals surface area contributed by atoms with Gasteiger partial charge in [-0.1, -0.05) is 32.9 Å². The number of pyridine rings is 1. The van der Waals surface area contributed by atoms with Gasteiger partial charge >= 0.3 is 12.1 Å². The maximum absolute atomic E-state index is 12.7. The predicted molar refractivity (Wildman–Crippen MR) is 128 cm³/mol. The lowest BCUT2D eigenvalue weighted by Gasteiger charge is -2.29. The number of hydrogen-bond donors (Lipinski definition) is 4. The van der Waals surface area contributed by atoms with Crippen molar-refractivity contribution in [3.63, 3.8) is 0 Å². The van der Waals surface area contributed by atoms with E-state index in [1.54, 1.807) is 0 Å². The molecule has 8 nitrogen and oxygen atoms in total. The molecule has 0 atom stereocenters. The molecule has 1 aliphatic heterocycles. The number of aromatic nitrogens is 2. The molecular weight excluding hydrogens is 463 g/mol. The fourth-order valence-electron chi connectivity index (χ4n) is 3.47. The number of carboxylic acid groups (broad SMARTS) is 1. The molecule has 1 aromatic carbocycles. The van der Waals surface area contributed by atoms with Crippen LogP contribution >= 0.6 is 0 Å². The summed E-state index contributed by atoms with van der Waals surface area (Å²) in [7, 11) is 0. The highest BCUT2D eigenvalue weighted by Crippen LogP contribution is 2.26. The van der Waals surface area contributed by atoms with E-state index in [2.05, 4.69) is 64.5 Å². The Labute approximate surface area is 200 Å². The molecule has 1 amide bonds. The van der Waals surface area contributed by atoms with E-state index in [1.165, 1.54) is 5.56 Å². The number of carbonyl (C=O) groups is 2. The molecule has 0 aliphatic carbocycles. The summed E-state index contributed by atoms with van der Waals surface area (Å²) in [5, 5.41) is 14.4. The molecule has 4 rings (SSSR count). The fraction of sp³-hybridized carbons (Fsp3) is 0.375. The van der Waals surface area contributed by atoms with Crippen molar-refractivity contribution in [2.45, 2.75) is 32.4 Å². The smallest absolute Gasteiger partial charge is 0.475 e. The van der Waals surface area contributed by atoms with Gasteiger partial charge in [0.15, 0.2) is 0 Å². The molecular formula is C24H28F3N5O3. The fourth-order valence-corrected chi connectivity index (χ4v) is 3.47. The zero-order valence-corrected chi connectivity index (χ0v) is 19.7. The van der Waals surface area contributed by atoms with Crippen molar-refractivity contribution in [3.8, 4) is 0 Å². The zero-order valence-electron chi connectivity index (χ0n) is 19.7. The first-order valence-electron chi connectivity index (χ1n) is 11.0. The molecule has 11 heteroatoms. The molecule has 35 heavy (non-hydrogen) atoms. The van der Waals surface area contributed by atoms with Crippen LogP contribution in [-0.4, -0.2) is 59.3 Å². The minimum absolute atomic E-state index is 0.0673. The van der Waals surface area contributed by atoms with Crippen molar-refractivity contribution in [3.05, 3.63) is 53.9 Å². The van der Waals surface area contributed by atoms with Gasteiger partial charge in [0.25, 0.3) is 5.91 Å². The standard InChI is InChI=1S/C22H27N5O.C2HF3O2/c1-22(2,3)16-5-4-15-12-19(25-18(15)13-16)21(28)26-20-7-6-17(14-24-20)27-10-8-23-9-11-27;3-2(4,5)1(6)7/h4-7,12-14,23,25H,8-11H2,1-3H3,(H,24,26,28);(H,6,7). The Balaban J connectivity index is 0.000000429. The Hall–Kier alpha value is -3.60. The van der Waals surface area contributed by atoms with Crippen LogP contribution in [0.4, 0.5) is 24.7 Å². The summed E-state index contributed by atoms with van der Waals surface area (Å²) in [6, 6.07) is 12.0. The number of carboxylic acids is 1. The van der Waals surface area contributed by atoms with Gasteiger partial charge in [0.2, 0.25) is 0 Å². The van der Waals surface area contributed by atoms with Crippen molar-refractivity contribution in [2.75, 3.05) is 36.4 Å². The summed E-state index contributed by atoms with van der Waals surface area (Å²) in [4.78, 5) is 31.5. The van der Waals surface area contributed by atoms with Gasteiger partial charge in [-0.3, -0.25) is 4.79 Å². The van der Waals surface area contributed by atoms with E-state index in [9.17, 15) is 18.0 Å². The first-order valence-corrected chi connectivity index (χ1v) is 11.0. The lowest BCUT2D eigenvalue weighted by atomic mass is 9.87. The van der Waals surface area contributed by atoms with Crippen LogP contribution in [0, 0.1) is 0 Å². The number of H-pyrrole nitrogens is 1. The Morgan fingerprint density at radius 3 is 2.26 bits per heavy atom. The van der Waals surface area contributed by atoms with Crippen molar-refractivity contribution in [2.24, 2.45) is 0 Å². The number of rotatable bonds is 3. The van der Waals surface area contributed by atoms with Gasteiger partial charge in [0.1, 0.15) is 11.5 Å². The summed E-state index contributed by atoms with van der Waals surface area (Å²) in [6.45, 7) is 10.4. The van der Waals surface area contributed by atoms with Crippen molar-refractivity contribution >= 4 is 34.3 Å². The van der Waals surface area contributed by atoms with Gasteiger partial charge in [-0.25, -0.2) is 9.78 Å². The maximum atomic E-state index is 12.7. The molecule has 0 radical (unpaired) electrons. The molecule has 0 spiro atoms. The normalized spacial score (nSPS) is 14.3. The monoisotopic (exact) mass is 491 g/mol. The molecule has 1 aliphatic rings. The lowest BCUT2D eigenvalue weighted by Crippen LogP contribution is -2.43.